The number of aromatic hydroxyl groups is 1. The molecule has 1 saturated heterocycles. The summed E-state index contributed by atoms with van der Waals surface area (Å²) in [4.78, 5) is 2.50. The first-order valence-electron chi connectivity index (χ1n) is 6.25. The van der Waals surface area contributed by atoms with E-state index in [1.165, 1.54) is 30.5 Å². The maximum Gasteiger partial charge on any atom is 0.119 e. The largest absolute Gasteiger partial charge is 0.508 e. The van der Waals surface area contributed by atoms with Crippen LogP contribution < -0.4 is 0 Å². The van der Waals surface area contributed by atoms with Crippen LogP contribution in [0.3, 0.4) is 0 Å². The highest BCUT2D eigenvalue weighted by atomic mass is 16.3. The molecule has 2 heteroatoms. The summed E-state index contributed by atoms with van der Waals surface area (Å²) in [6.45, 7) is 1.23. The highest BCUT2D eigenvalue weighted by Crippen LogP contribution is 2.37. The summed E-state index contributed by atoms with van der Waals surface area (Å²) in [5, 5.41) is 9.90. The lowest BCUT2D eigenvalue weighted by Crippen LogP contribution is -2.47. The quantitative estimate of drug-likeness (QED) is 0.720. The number of benzene rings is 1. The Kier molecular flexibility index (Phi) is 2.40. The number of phenolic OH excluding ortho intramolecular Hbond substituents is 1. The molecule has 86 valence electrons. The molecule has 2 atom stereocenters. The lowest BCUT2D eigenvalue weighted by Gasteiger charge is -2.43. The van der Waals surface area contributed by atoms with Crippen molar-refractivity contribution >= 4 is 0 Å². The molecular formula is C14H19NO. The Bertz CT molecular complexity index is 402. The Morgan fingerprint density at radius 1 is 1.31 bits per heavy atom. The first kappa shape index (κ1) is 10.2. The van der Waals surface area contributed by atoms with Crippen molar-refractivity contribution < 1.29 is 5.11 Å². The molecule has 1 aromatic carbocycles. The van der Waals surface area contributed by atoms with E-state index < -0.39 is 0 Å². The Morgan fingerprint density at radius 3 is 3.06 bits per heavy atom. The summed E-state index contributed by atoms with van der Waals surface area (Å²) < 4.78 is 0. The van der Waals surface area contributed by atoms with E-state index in [-0.39, 0.29) is 0 Å². The fourth-order valence-corrected chi connectivity index (χ4v) is 3.42. The van der Waals surface area contributed by atoms with E-state index >= 15 is 0 Å². The third kappa shape index (κ3) is 1.52. The molecule has 2 nitrogen and oxygen atoms in total. The molecule has 16 heavy (non-hydrogen) atoms. The highest BCUT2D eigenvalue weighted by molar-refractivity contribution is 5.42. The van der Waals surface area contributed by atoms with Gasteiger partial charge in [-0.3, -0.25) is 0 Å². The summed E-state index contributed by atoms with van der Waals surface area (Å²) in [7, 11) is 2.24. The molecule has 2 aliphatic rings. The summed E-state index contributed by atoms with van der Waals surface area (Å²) in [6, 6.07) is 6.67. The zero-order valence-corrected chi connectivity index (χ0v) is 9.82. The Labute approximate surface area is 96.9 Å². The van der Waals surface area contributed by atoms with Gasteiger partial charge in [-0.25, -0.2) is 0 Å². The second-order valence-corrected chi connectivity index (χ2v) is 5.27. The standard InChI is InChI=1S/C14H19NO/c1-15-7-3-5-11-8-12-10(9-13(11)15)4-2-6-14(12)16/h2,4,6,11,13,16H,3,5,7-9H2,1H3/t11-,13-/m0/s1. The van der Waals surface area contributed by atoms with Crippen LogP contribution in [0.25, 0.3) is 0 Å². The number of likely N-dealkylation sites (tertiary alicyclic amines) is 1. The molecule has 1 aliphatic carbocycles. The van der Waals surface area contributed by atoms with Crippen LogP contribution in [0, 0.1) is 5.92 Å². The molecule has 0 amide bonds. The van der Waals surface area contributed by atoms with Crippen molar-refractivity contribution in [2.75, 3.05) is 13.6 Å². The van der Waals surface area contributed by atoms with Crippen LogP contribution >= 0.6 is 0 Å². The third-order valence-corrected chi connectivity index (χ3v) is 4.34. The molecule has 1 N–H and O–H groups in total. The minimum absolute atomic E-state index is 0.504. The highest BCUT2D eigenvalue weighted by Gasteiger charge is 2.34. The zero-order valence-electron chi connectivity index (χ0n) is 9.82. The van der Waals surface area contributed by atoms with Gasteiger partial charge in [0.1, 0.15) is 5.75 Å². The van der Waals surface area contributed by atoms with Gasteiger partial charge >= 0.3 is 0 Å². The number of phenols is 1. The SMILES string of the molecule is CN1CCC[C@H]2Cc3c(O)cccc3C[C@@H]21. The summed E-state index contributed by atoms with van der Waals surface area (Å²) in [5.41, 5.74) is 2.56. The van der Waals surface area contributed by atoms with Crippen molar-refractivity contribution in [3.05, 3.63) is 29.3 Å². The number of nitrogens with zero attached hydrogens (tertiary/aromatic N) is 1. The van der Waals surface area contributed by atoms with Gasteiger partial charge in [-0.1, -0.05) is 12.1 Å². The molecule has 0 spiro atoms. The van der Waals surface area contributed by atoms with E-state index in [1.807, 2.05) is 12.1 Å². The molecule has 0 saturated carbocycles. The molecule has 1 heterocycles. The minimum atomic E-state index is 0.504. The summed E-state index contributed by atoms with van der Waals surface area (Å²) in [6.07, 6.45) is 4.81. The molecule has 1 fully saturated rings. The number of rotatable bonds is 0. The lowest BCUT2D eigenvalue weighted by atomic mass is 9.75. The van der Waals surface area contributed by atoms with Gasteiger partial charge < -0.3 is 10.0 Å². The van der Waals surface area contributed by atoms with Gasteiger partial charge in [-0.15, -0.1) is 0 Å². The minimum Gasteiger partial charge on any atom is -0.508 e. The average molecular weight is 217 g/mol. The zero-order chi connectivity index (χ0) is 11.1. The number of hydrogen-bond acceptors (Lipinski definition) is 2. The predicted octanol–water partition coefficient (Wildman–Crippen LogP) is 2.20. The van der Waals surface area contributed by atoms with Crippen molar-refractivity contribution in [3.63, 3.8) is 0 Å². The molecule has 0 radical (unpaired) electrons. The van der Waals surface area contributed by atoms with E-state index in [0.29, 0.717) is 11.8 Å². The van der Waals surface area contributed by atoms with Crippen LogP contribution in [-0.2, 0) is 12.8 Å². The number of likely N-dealkylation sites (N-methyl/N-ethyl adjacent to an activating group) is 1. The summed E-state index contributed by atoms with van der Waals surface area (Å²) >= 11 is 0. The van der Waals surface area contributed by atoms with Crippen LogP contribution in [0.5, 0.6) is 5.75 Å². The van der Waals surface area contributed by atoms with Gasteiger partial charge in [0.2, 0.25) is 0 Å². The van der Waals surface area contributed by atoms with Gasteiger partial charge in [0.05, 0.1) is 0 Å². The van der Waals surface area contributed by atoms with Gasteiger partial charge in [0.15, 0.2) is 0 Å². The van der Waals surface area contributed by atoms with Crippen molar-refractivity contribution in [2.45, 2.75) is 31.7 Å². The molecule has 0 aromatic heterocycles. The van der Waals surface area contributed by atoms with Crippen molar-refractivity contribution in [2.24, 2.45) is 5.92 Å². The molecule has 1 aromatic rings. The number of hydrogen-bond donors (Lipinski definition) is 1. The fraction of sp³-hybridized carbons (Fsp3) is 0.571. The molecule has 3 rings (SSSR count). The Balaban J connectivity index is 1.96. The maximum absolute atomic E-state index is 9.90. The molecule has 0 unspecified atom stereocenters. The summed E-state index contributed by atoms with van der Waals surface area (Å²) in [5.74, 6) is 1.25. The number of fused-ring (bicyclic) bond motifs is 2. The van der Waals surface area contributed by atoms with Crippen LogP contribution in [-0.4, -0.2) is 29.6 Å². The first-order valence-corrected chi connectivity index (χ1v) is 6.25. The second kappa shape index (κ2) is 3.77. The Hall–Kier alpha value is -1.02. The normalized spacial score (nSPS) is 29.6. The second-order valence-electron chi connectivity index (χ2n) is 5.27. The lowest BCUT2D eigenvalue weighted by molar-refractivity contribution is 0.111. The van der Waals surface area contributed by atoms with Gasteiger partial charge in [-0.2, -0.15) is 0 Å². The number of piperidine rings is 1. The van der Waals surface area contributed by atoms with Gasteiger partial charge in [-0.05, 0) is 62.4 Å². The maximum atomic E-state index is 9.90. The molecular weight excluding hydrogens is 198 g/mol. The van der Waals surface area contributed by atoms with E-state index in [1.54, 1.807) is 0 Å². The fourth-order valence-electron chi connectivity index (χ4n) is 3.42. The molecule has 1 aliphatic heterocycles. The first-order chi connectivity index (χ1) is 7.75. The van der Waals surface area contributed by atoms with E-state index in [0.717, 1.165) is 18.8 Å². The van der Waals surface area contributed by atoms with Crippen LogP contribution in [0.4, 0.5) is 0 Å². The van der Waals surface area contributed by atoms with Gasteiger partial charge in [0.25, 0.3) is 0 Å². The van der Waals surface area contributed by atoms with Crippen LogP contribution in [0.1, 0.15) is 24.0 Å². The van der Waals surface area contributed by atoms with E-state index in [9.17, 15) is 5.11 Å². The van der Waals surface area contributed by atoms with Gasteiger partial charge in [0, 0.05) is 6.04 Å². The third-order valence-electron chi connectivity index (χ3n) is 4.34. The predicted molar refractivity (Wildman–Crippen MR) is 64.7 cm³/mol. The van der Waals surface area contributed by atoms with Crippen molar-refractivity contribution in [1.82, 2.24) is 4.90 Å². The van der Waals surface area contributed by atoms with E-state index in [4.69, 9.17) is 0 Å². The van der Waals surface area contributed by atoms with E-state index in [2.05, 4.69) is 18.0 Å². The monoisotopic (exact) mass is 217 g/mol. The Morgan fingerprint density at radius 2 is 2.19 bits per heavy atom. The van der Waals surface area contributed by atoms with Crippen molar-refractivity contribution in [3.8, 4) is 5.75 Å². The topological polar surface area (TPSA) is 23.5 Å². The average Bonchev–Trinajstić information content (AvgIpc) is 2.29. The smallest absolute Gasteiger partial charge is 0.119 e. The van der Waals surface area contributed by atoms with Crippen LogP contribution in [0.2, 0.25) is 0 Å². The van der Waals surface area contributed by atoms with Crippen LogP contribution in [0.15, 0.2) is 18.2 Å². The molecule has 0 bridgehead atoms. The van der Waals surface area contributed by atoms with Crippen molar-refractivity contribution in [1.29, 1.82) is 0 Å².